The van der Waals surface area contributed by atoms with Crippen molar-refractivity contribution < 1.29 is 19.5 Å². The van der Waals surface area contributed by atoms with Crippen LogP contribution in [0.15, 0.2) is 121 Å². The number of hydrogen-bond acceptors (Lipinski definition) is 8. The highest BCUT2D eigenvalue weighted by Gasteiger charge is 2.08. The number of nitrogens with one attached hydrogen (secondary N) is 2. The van der Waals surface area contributed by atoms with Gasteiger partial charge in [0.2, 0.25) is 0 Å². The molecule has 0 atom stereocenters. The lowest BCUT2D eigenvalue weighted by Crippen LogP contribution is -2.29. The monoisotopic (exact) mass is 768 g/mol. The summed E-state index contributed by atoms with van der Waals surface area (Å²) in [7, 11) is 1.81. The van der Waals surface area contributed by atoms with E-state index in [0.717, 1.165) is 34.0 Å². The first-order valence-corrected chi connectivity index (χ1v) is 16.6. The average Bonchev–Trinajstić information content (AvgIpc) is 3.09. The van der Waals surface area contributed by atoms with Gasteiger partial charge in [-0.2, -0.15) is 0 Å². The molecule has 4 N–H and O–H groups in total. The molecule has 256 valence electrons. The van der Waals surface area contributed by atoms with Crippen LogP contribution in [0.2, 0.25) is 25.5 Å². The maximum Gasteiger partial charge on any atom is 0.488 e. The first-order valence-electron chi connectivity index (χ1n) is 14.7. The minimum atomic E-state index is -1.34. The fraction of sp³-hybridized carbons (Fsp3) is 0.0556. The van der Waals surface area contributed by atoms with Gasteiger partial charge in [0, 0.05) is 28.3 Å². The summed E-state index contributed by atoms with van der Waals surface area (Å²) in [5.41, 5.74) is 5.56. The zero-order valence-electron chi connectivity index (χ0n) is 26.6. The smallest absolute Gasteiger partial charge is 0.488 e. The van der Waals surface area contributed by atoms with Gasteiger partial charge in [-0.25, -0.2) is 9.97 Å². The van der Waals surface area contributed by atoms with Crippen LogP contribution in [0, 0.1) is 0 Å². The van der Waals surface area contributed by atoms with Gasteiger partial charge < -0.3 is 30.2 Å². The third kappa shape index (κ3) is 12.0. The Balaban J connectivity index is 0.000000184. The van der Waals surface area contributed by atoms with E-state index in [4.69, 9.17) is 77.5 Å². The van der Waals surface area contributed by atoms with Crippen LogP contribution in [0.3, 0.4) is 0 Å². The number of ether oxygens (including phenoxy) is 2. The van der Waals surface area contributed by atoms with Gasteiger partial charge in [0.25, 0.3) is 0 Å². The predicted molar refractivity (Wildman–Crippen MR) is 208 cm³/mol. The minimum absolute atomic E-state index is 0.324. The largest absolute Gasteiger partial charge is 0.495 e. The lowest BCUT2D eigenvalue weighted by Gasteiger charge is -2.11. The molecule has 50 heavy (non-hydrogen) atoms. The molecule has 0 aliphatic carbocycles. The molecule has 0 amide bonds. The third-order valence-electron chi connectivity index (χ3n) is 6.61. The van der Waals surface area contributed by atoms with Crippen LogP contribution in [0.25, 0.3) is 11.3 Å². The molecule has 2 aromatic heterocycles. The topological polar surface area (TPSA) is 109 Å². The Kier molecular flexibility index (Phi) is 14.9. The number of aromatic nitrogens is 2. The molecule has 0 aliphatic heterocycles. The second-order valence-electron chi connectivity index (χ2n) is 10.2. The zero-order valence-corrected chi connectivity index (χ0v) is 30.4. The van der Waals surface area contributed by atoms with Crippen LogP contribution >= 0.6 is 58.0 Å². The van der Waals surface area contributed by atoms with E-state index in [9.17, 15) is 0 Å². The average molecular weight is 771 g/mol. The van der Waals surface area contributed by atoms with E-state index >= 15 is 0 Å². The van der Waals surface area contributed by atoms with Gasteiger partial charge in [0.1, 0.15) is 27.0 Å². The molecular formula is C36H30BCl5N4O4. The highest BCUT2D eigenvalue weighted by Crippen LogP contribution is 2.32. The lowest BCUT2D eigenvalue weighted by molar-refractivity contribution is 0.415. The van der Waals surface area contributed by atoms with E-state index in [1.54, 1.807) is 74.9 Å². The summed E-state index contributed by atoms with van der Waals surface area (Å²) < 4.78 is 10.2. The Labute approximate surface area is 315 Å². The molecule has 0 fully saturated rings. The fourth-order valence-electron chi connectivity index (χ4n) is 4.31. The molecule has 0 radical (unpaired) electrons. The molecule has 0 unspecified atom stereocenters. The van der Waals surface area contributed by atoms with Crippen molar-refractivity contribution in [2.75, 3.05) is 24.9 Å². The van der Waals surface area contributed by atoms with Crippen LogP contribution in [-0.2, 0) is 0 Å². The SMILES string of the molecule is COc1ccc(Nc2cc(Cl)nc(-c3ccccc3)c2)cc1Cl.COc1ccc(Nc2cc(Cl)nc(Cl)c2)cc1Cl.OB(O)c1ccccc1. The number of methoxy groups -OCH3 is 2. The van der Waals surface area contributed by atoms with E-state index in [-0.39, 0.29) is 0 Å². The quantitative estimate of drug-likeness (QED) is 0.0895. The second-order valence-corrected chi connectivity index (χ2v) is 12.1. The summed E-state index contributed by atoms with van der Waals surface area (Å²) in [5.74, 6) is 1.25. The summed E-state index contributed by atoms with van der Waals surface area (Å²) >= 11 is 30.0. The predicted octanol–water partition coefficient (Wildman–Crippen LogP) is 9.97. The van der Waals surface area contributed by atoms with Crippen LogP contribution in [0.5, 0.6) is 11.5 Å². The van der Waals surface area contributed by atoms with Crippen LogP contribution in [0.4, 0.5) is 22.7 Å². The molecule has 0 saturated heterocycles. The standard InChI is InChI=1S/C18H14Cl2N2O.C12H9Cl3N2O.C6H7BO2/c1-23-17-8-7-13(9-15(17)19)21-14-10-16(22-18(20)11-14)12-5-3-2-4-6-12;1-18-10-3-2-7(4-9(10)13)16-8-5-11(14)17-12(15)6-8;8-7(9)6-4-2-1-3-5-6/h2-11H,1H3,(H,21,22);2-6H,1H3,(H,16,17);1-5,8-9H. The number of hydrogen-bond donors (Lipinski definition) is 4. The van der Waals surface area contributed by atoms with Crippen molar-refractivity contribution in [1.82, 2.24) is 9.97 Å². The van der Waals surface area contributed by atoms with Crippen molar-refractivity contribution in [3.63, 3.8) is 0 Å². The summed E-state index contributed by atoms with van der Waals surface area (Å²) in [6.45, 7) is 0. The lowest BCUT2D eigenvalue weighted by atomic mass is 9.81. The number of nitrogens with zero attached hydrogens (tertiary/aromatic N) is 2. The van der Waals surface area contributed by atoms with Crippen molar-refractivity contribution in [3.8, 4) is 22.8 Å². The van der Waals surface area contributed by atoms with E-state index in [1.165, 1.54) is 0 Å². The van der Waals surface area contributed by atoms with Gasteiger partial charge in [-0.1, -0.05) is 119 Å². The molecule has 6 rings (SSSR count). The first kappa shape index (κ1) is 38.6. The first-order chi connectivity index (χ1) is 24.0. The highest BCUT2D eigenvalue weighted by atomic mass is 35.5. The number of pyridine rings is 2. The Morgan fingerprint density at radius 3 is 1.38 bits per heavy atom. The van der Waals surface area contributed by atoms with Crippen molar-refractivity contribution >= 4 is 93.3 Å². The Hall–Kier alpha value is -4.19. The molecule has 2 heterocycles. The highest BCUT2D eigenvalue weighted by molar-refractivity contribution is 6.58. The number of halogens is 5. The molecule has 0 bridgehead atoms. The fourth-order valence-corrected chi connectivity index (χ4v) is 5.49. The number of benzene rings is 4. The maximum absolute atomic E-state index is 8.58. The van der Waals surface area contributed by atoms with Gasteiger partial charge in [-0.3, -0.25) is 0 Å². The van der Waals surface area contributed by atoms with E-state index in [0.29, 0.717) is 42.5 Å². The number of anilines is 4. The zero-order chi connectivity index (χ0) is 36.0. The molecule has 0 saturated carbocycles. The van der Waals surface area contributed by atoms with Crippen molar-refractivity contribution in [3.05, 3.63) is 147 Å². The van der Waals surface area contributed by atoms with E-state index in [1.807, 2.05) is 60.7 Å². The van der Waals surface area contributed by atoms with Gasteiger partial charge >= 0.3 is 7.12 Å². The van der Waals surface area contributed by atoms with Crippen LogP contribution in [0.1, 0.15) is 0 Å². The Morgan fingerprint density at radius 1 is 0.520 bits per heavy atom. The van der Waals surface area contributed by atoms with Crippen molar-refractivity contribution in [1.29, 1.82) is 0 Å². The normalized spacial score (nSPS) is 10.1. The number of rotatable bonds is 8. The van der Waals surface area contributed by atoms with Gasteiger partial charge in [-0.15, -0.1) is 0 Å². The van der Waals surface area contributed by atoms with Gasteiger partial charge in [0.05, 0.1) is 30.0 Å². The maximum atomic E-state index is 8.58. The molecular weight excluding hydrogens is 740 g/mol. The molecule has 0 spiro atoms. The second kappa shape index (κ2) is 19.3. The minimum Gasteiger partial charge on any atom is -0.495 e. The molecule has 4 aromatic carbocycles. The molecule has 6 aromatic rings. The van der Waals surface area contributed by atoms with Gasteiger partial charge in [-0.05, 0) is 66.1 Å². The third-order valence-corrected chi connectivity index (χ3v) is 7.78. The Morgan fingerprint density at radius 2 is 0.960 bits per heavy atom. The summed E-state index contributed by atoms with van der Waals surface area (Å²) in [5, 5.41) is 25.7. The van der Waals surface area contributed by atoms with Crippen LogP contribution < -0.4 is 25.6 Å². The van der Waals surface area contributed by atoms with Crippen molar-refractivity contribution in [2.45, 2.75) is 0 Å². The molecule has 14 heteroatoms. The summed E-state index contributed by atoms with van der Waals surface area (Å²) in [6, 6.07) is 36.5. The molecule has 0 aliphatic rings. The molecule has 8 nitrogen and oxygen atoms in total. The van der Waals surface area contributed by atoms with Gasteiger partial charge in [0.15, 0.2) is 0 Å². The Bertz CT molecular complexity index is 1970. The summed E-state index contributed by atoms with van der Waals surface area (Å²) in [6.07, 6.45) is 0. The van der Waals surface area contributed by atoms with Crippen molar-refractivity contribution in [2.24, 2.45) is 0 Å². The van der Waals surface area contributed by atoms with E-state index in [2.05, 4.69) is 20.6 Å². The van der Waals surface area contributed by atoms with E-state index < -0.39 is 7.12 Å². The van der Waals surface area contributed by atoms with Crippen LogP contribution in [-0.4, -0.2) is 41.4 Å². The summed E-state index contributed by atoms with van der Waals surface area (Å²) in [4.78, 5) is 8.24.